The number of carbonyl (C=O) groups is 1. The van der Waals surface area contributed by atoms with E-state index in [0.29, 0.717) is 24.5 Å². The van der Waals surface area contributed by atoms with Crippen molar-refractivity contribution in [3.05, 3.63) is 23.9 Å². The van der Waals surface area contributed by atoms with E-state index in [1.165, 1.54) is 0 Å². The predicted molar refractivity (Wildman–Crippen MR) is 76.9 cm³/mol. The van der Waals surface area contributed by atoms with Crippen LogP contribution in [0.15, 0.2) is 18.3 Å². The maximum Gasteiger partial charge on any atom is 0.341 e. The van der Waals surface area contributed by atoms with Crippen LogP contribution in [0.25, 0.3) is 0 Å². The lowest BCUT2D eigenvalue weighted by molar-refractivity contribution is 0.0513. The van der Waals surface area contributed by atoms with Crippen LogP contribution in [0, 0.1) is 0 Å². The minimum Gasteiger partial charge on any atom is -0.462 e. The number of esters is 1. The molecule has 20 heavy (non-hydrogen) atoms. The fourth-order valence-corrected chi connectivity index (χ4v) is 2.78. The molecule has 0 bridgehead atoms. The van der Waals surface area contributed by atoms with Crippen molar-refractivity contribution in [1.82, 2.24) is 4.98 Å². The van der Waals surface area contributed by atoms with Crippen molar-refractivity contribution in [3.63, 3.8) is 0 Å². The Hall–Kier alpha value is -1.62. The van der Waals surface area contributed by atoms with Crippen molar-refractivity contribution in [2.24, 2.45) is 0 Å². The van der Waals surface area contributed by atoms with Crippen LogP contribution in [0.2, 0.25) is 0 Å². The molecule has 1 aliphatic rings. The highest BCUT2D eigenvalue weighted by Gasteiger charge is 2.33. The highest BCUT2D eigenvalue weighted by molar-refractivity contribution is 5.94. The fourth-order valence-electron chi connectivity index (χ4n) is 2.78. The molecular weight excluding hydrogens is 256 g/mol. The van der Waals surface area contributed by atoms with Gasteiger partial charge in [0.25, 0.3) is 0 Å². The van der Waals surface area contributed by atoms with Crippen LogP contribution in [0.5, 0.6) is 0 Å². The molecule has 0 spiro atoms. The fraction of sp³-hybridized carbons (Fsp3) is 0.600. The van der Waals surface area contributed by atoms with Crippen LogP contribution < -0.4 is 4.90 Å². The van der Waals surface area contributed by atoms with E-state index in [2.05, 4.69) is 4.98 Å². The van der Waals surface area contributed by atoms with Gasteiger partial charge in [0.05, 0.1) is 12.2 Å². The highest BCUT2D eigenvalue weighted by atomic mass is 16.5. The number of rotatable bonds is 5. The lowest BCUT2D eigenvalue weighted by Crippen LogP contribution is -2.40. The molecule has 0 amide bonds. The van der Waals surface area contributed by atoms with E-state index in [9.17, 15) is 9.90 Å². The summed E-state index contributed by atoms with van der Waals surface area (Å²) in [6.45, 7) is 2.59. The van der Waals surface area contributed by atoms with Crippen LogP contribution in [-0.4, -0.2) is 41.9 Å². The number of ether oxygens (including phenoxy) is 1. The van der Waals surface area contributed by atoms with Crippen molar-refractivity contribution in [2.45, 2.75) is 38.2 Å². The second-order valence-corrected chi connectivity index (χ2v) is 5.38. The van der Waals surface area contributed by atoms with E-state index in [1.807, 2.05) is 11.9 Å². The Morgan fingerprint density at radius 1 is 1.50 bits per heavy atom. The third kappa shape index (κ3) is 3.28. The van der Waals surface area contributed by atoms with E-state index in [4.69, 9.17) is 4.74 Å². The Morgan fingerprint density at radius 3 is 2.85 bits per heavy atom. The number of hydrogen-bond acceptors (Lipinski definition) is 5. The Morgan fingerprint density at radius 2 is 2.20 bits per heavy atom. The van der Waals surface area contributed by atoms with Gasteiger partial charge < -0.3 is 14.7 Å². The number of anilines is 1. The molecule has 5 heteroatoms. The monoisotopic (exact) mass is 278 g/mol. The summed E-state index contributed by atoms with van der Waals surface area (Å²) < 4.78 is 5.05. The molecule has 1 N–H and O–H groups in total. The third-order valence-electron chi connectivity index (χ3n) is 3.71. The Labute approximate surface area is 119 Å². The van der Waals surface area contributed by atoms with Crippen LogP contribution in [0.1, 0.15) is 43.0 Å². The maximum absolute atomic E-state index is 11.9. The Bertz CT molecular complexity index is 470. The molecule has 0 aromatic carbocycles. The molecule has 0 atom stereocenters. The summed E-state index contributed by atoms with van der Waals surface area (Å²) in [5.41, 5.74) is -0.225. The summed E-state index contributed by atoms with van der Waals surface area (Å²) in [4.78, 5) is 18.0. The zero-order valence-corrected chi connectivity index (χ0v) is 12.1. The van der Waals surface area contributed by atoms with Gasteiger partial charge in [0, 0.05) is 19.8 Å². The van der Waals surface area contributed by atoms with Gasteiger partial charge in [-0.15, -0.1) is 0 Å². The average Bonchev–Trinajstić information content (AvgIpc) is 2.85. The molecule has 2 rings (SSSR count). The molecule has 0 unspecified atom stereocenters. The predicted octanol–water partition coefficient (Wildman–Crippen LogP) is 2.00. The summed E-state index contributed by atoms with van der Waals surface area (Å²) >= 11 is 0. The molecule has 110 valence electrons. The zero-order valence-electron chi connectivity index (χ0n) is 12.1. The molecule has 1 aromatic heterocycles. The number of likely N-dealkylation sites (N-methyl/N-ethyl adjacent to an activating group) is 1. The number of aliphatic hydroxyl groups is 1. The van der Waals surface area contributed by atoms with Crippen molar-refractivity contribution in [3.8, 4) is 0 Å². The van der Waals surface area contributed by atoms with Gasteiger partial charge in [0.15, 0.2) is 0 Å². The van der Waals surface area contributed by atoms with E-state index < -0.39 is 5.60 Å². The molecule has 1 saturated carbocycles. The molecule has 1 fully saturated rings. The second kappa shape index (κ2) is 6.22. The highest BCUT2D eigenvalue weighted by Crippen LogP contribution is 2.31. The van der Waals surface area contributed by atoms with Crippen LogP contribution in [0.3, 0.4) is 0 Å². The first kappa shape index (κ1) is 14.8. The van der Waals surface area contributed by atoms with Crippen LogP contribution in [0.4, 0.5) is 5.82 Å². The van der Waals surface area contributed by atoms with E-state index in [-0.39, 0.29) is 5.97 Å². The van der Waals surface area contributed by atoms with Gasteiger partial charge in [-0.1, -0.05) is 12.8 Å². The molecule has 0 aliphatic heterocycles. The largest absolute Gasteiger partial charge is 0.462 e. The molecular formula is C15H22N2O3. The second-order valence-electron chi connectivity index (χ2n) is 5.38. The minimum atomic E-state index is -0.668. The summed E-state index contributed by atoms with van der Waals surface area (Å²) in [7, 11) is 1.85. The Balaban J connectivity index is 2.16. The van der Waals surface area contributed by atoms with Crippen molar-refractivity contribution < 1.29 is 14.6 Å². The topological polar surface area (TPSA) is 62.7 Å². The quantitative estimate of drug-likeness (QED) is 0.835. The zero-order chi connectivity index (χ0) is 14.6. The molecule has 0 radical (unpaired) electrons. The van der Waals surface area contributed by atoms with Gasteiger partial charge in [-0.25, -0.2) is 9.78 Å². The summed E-state index contributed by atoms with van der Waals surface area (Å²) in [6, 6.07) is 3.42. The first-order chi connectivity index (χ1) is 9.56. The van der Waals surface area contributed by atoms with E-state index >= 15 is 0 Å². The molecule has 1 aliphatic carbocycles. The van der Waals surface area contributed by atoms with Crippen LogP contribution >= 0.6 is 0 Å². The van der Waals surface area contributed by atoms with E-state index in [1.54, 1.807) is 25.3 Å². The maximum atomic E-state index is 11.9. The van der Waals surface area contributed by atoms with Crippen molar-refractivity contribution in [2.75, 3.05) is 25.1 Å². The van der Waals surface area contributed by atoms with Gasteiger partial charge in [-0.05, 0) is 31.9 Å². The summed E-state index contributed by atoms with van der Waals surface area (Å²) in [6.07, 6.45) is 5.36. The first-order valence-electron chi connectivity index (χ1n) is 7.11. The lowest BCUT2D eigenvalue weighted by atomic mass is 10.0. The molecule has 1 heterocycles. The summed E-state index contributed by atoms with van der Waals surface area (Å²) in [5.74, 6) is 0.187. The number of nitrogens with zero attached hydrogens (tertiary/aromatic N) is 2. The molecule has 1 aromatic rings. The smallest absolute Gasteiger partial charge is 0.341 e. The minimum absolute atomic E-state index is 0.334. The van der Waals surface area contributed by atoms with Crippen LogP contribution in [-0.2, 0) is 4.74 Å². The summed E-state index contributed by atoms with van der Waals surface area (Å²) in [5, 5.41) is 10.5. The average molecular weight is 278 g/mol. The van der Waals surface area contributed by atoms with Gasteiger partial charge >= 0.3 is 5.97 Å². The third-order valence-corrected chi connectivity index (χ3v) is 3.71. The standard InChI is InChI=1S/C15H22N2O3/c1-3-20-14(18)12-7-6-10-16-13(12)17(2)11-15(19)8-4-5-9-15/h6-7,10,19H,3-5,8-9,11H2,1-2H3. The first-order valence-corrected chi connectivity index (χ1v) is 7.11. The number of carbonyl (C=O) groups excluding carboxylic acids is 1. The number of aromatic nitrogens is 1. The normalized spacial score (nSPS) is 16.9. The SMILES string of the molecule is CCOC(=O)c1cccnc1N(C)CC1(O)CCCC1. The Kier molecular flexibility index (Phi) is 4.60. The van der Waals surface area contributed by atoms with Gasteiger partial charge in [-0.2, -0.15) is 0 Å². The van der Waals surface area contributed by atoms with Gasteiger partial charge in [-0.3, -0.25) is 0 Å². The van der Waals surface area contributed by atoms with Crippen molar-refractivity contribution in [1.29, 1.82) is 0 Å². The molecule has 5 nitrogen and oxygen atoms in total. The van der Waals surface area contributed by atoms with Gasteiger partial charge in [0.2, 0.25) is 0 Å². The lowest BCUT2D eigenvalue weighted by Gasteiger charge is -2.30. The van der Waals surface area contributed by atoms with E-state index in [0.717, 1.165) is 25.7 Å². The number of hydrogen-bond donors (Lipinski definition) is 1. The number of pyridine rings is 1. The van der Waals surface area contributed by atoms with Gasteiger partial charge in [0.1, 0.15) is 11.4 Å². The van der Waals surface area contributed by atoms with Crippen molar-refractivity contribution >= 4 is 11.8 Å². The molecule has 0 saturated heterocycles.